The summed E-state index contributed by atoms with van der Waals surface area (Å²) in [6, 6.07) is 28.2. The highest BCUT2D eigenvalue weighted by molar-refractivity contribution is 5.83. The van der Waals surface area contributed by atoms with Crippen LogP contribution in [0.1, 0.15) is 24.6 Å². The molecule has 8 nitrogen and oxygen atoms in total. The van der Waals surface area contributed by atoms with E-state index >= 15 is 0 Å². The van der Waals surface area contributed by atoms with Gasteiger partial charge in [0.25, 0.3) is 5.56 Å². The summed E-state index contributed by atoms with van der Waals surface area (Å²) in [7, 11) is 1.94. The van der Waals surface area contributed by atoms with Crippen molar-refractivity contribution in [3.8, 4) is 22.4 Å². The minimum absolute atomic E-state index is 0.0676. The molecule has 44 heavy (non-hydrogen) atoms. The maximum atomic E-state index is 14.3. The zero-order chi connectivity index (χ0) is 30.5. The minimum Gasteiger partial charge on any atom is -0.385 e. The zero-order valence-electron chi connectivity index (χ0n) is 25.2. The van der Waals surface area contributed by atoms with Crippen molar-refractivity contribution in [1.29, 1.82) is 0 Å². The lowest BCUT2D eigenvalue weighted by molar-refractivity contribution is 0.655. The summed E-state index contributed by atoms with van der Waals surface area (Å²) in [5.41, 5.74) is 7.85. The van der Waals surface area contributed by atoms with Crippen molar-refractivity contribution in [2.24, 2.45) is 0 Å². The maximum Gasteiger partial charge on any atom is 0.260 e. The van der Waals surface area contributed by atoms with Crippen LogP contribution in [-0.2, 0) is 13.0 Å². The lowest BCUT2D eigenvalue weighted by Gasteiger charge is -2.19. The van der Waals surface area contributed by atoms with Crippen molar-refractivity contribution in [2.75, 3.05) is 23.8 Å². The Balaban J connectivity index is 1.41. The number of aryl methyl sites for hydroxylation is 3. The first kappa shape index (κ1) is 28.7. The van der Waals surface area contributed by atoms with Crippen molar-refractivity contribution < 1.29 is 0 Å². The minimum atomic E-state index is -0.0676. The molecule has 8 heteroatoms. The molecule has 0 aliphatic carbocycles. The third-order valence-electron chi connectivity index (χ3n) is 7.75. The fourth-order valence-corrected chi connectivity index (χ4v) is 5.42. The standard InChI is InChI=1S/C36H35N7O/c1-4-26-20-27(33-24-37-22-25(2)40-33)16-17-31(26)32-21-28-23-39-36(42(3)30-14-9-6-10-15-30)41-34(28)43(35(32)44)19-11-18-38-29-12-7-5-8-13-29/h5-10,12-17,20-24,38H,4,11,18-19H2,1-3H3. The van der Waals surface area contributed by atoms with Gasteiger partial charge in [0.05, 0.1) is 17.6 Å². The number of benzene rings is 3. The first-order chi connectivity index (χ1) is 21.5. The first-order valence-electron chi connectivity index (χ1n) is 14.9. The lowest BCUT2D eigenvalue weighted by atomic mass is 9.95. The molecular formula is C36H35N7O. The fourth-order valence-electron chi connectivity index (χ4n) is 5.42. The Morgan fingerprint density at radius 2 is 1.64 bits per heavy atom. The lowest BCUT2D eigenvalue weighted by Crippen LogP contribution is -2.25. The summed E-state index contributed by atoms with van der Waals surface area (Å²) in [5.74, 6) is 0.532. The van der Waals surface area contributed by atoms with Gasteiger partial charge < -0.3 is 10.2 Å². The average Bonchev–Trinajstić information content (AvgIpc) is 3.07. The molecule has 220 valence electrons. The SMILES string of the molecule is CCc1cc(-c2cncc(C)n2)ccc1-c1cc2cnc(N(C)c3ccccc3)nc2n(CCCNc2ccccc2)c1=O. The number of anilines is 3. The summed E-state index contributed by atoms with van der Waals surface area (Å²) < 4.78 is 1.81. The van der Waals surface area contributed by atoms with Gasteiger partial charge in [0.2, 0.25) is 5.95 Å². The Labute approximate surface area is 257 Å². The maximum absolute atomic E-state index is 14.3. The Bertz CT molecular complexity index is 1960. The fraction of sp³-hybridized carbons (Fsp3) is 0.194. The Kier molecular flexibility index (Phi) is 8.41. The van der Waals surface area contributed by atoms with E-state index in [4.69, 9.17) is 9.97 Å². The third-order valence-corrected chi connectivity index (χ3v) is 7.75. The number of nitrogens with one attached hydrogen (secondary N) is 1. The molecule has 0 saturated carbocycles. The van der Waals surface area contributed by atoms with Crippen molar-refractivity contribution in [3.05, 3.63) is 125 Å². The van der Waals surface area contributed by atoms with Gasteiger partial charge in [-0.3, -0.25) is 14.3 Å². The highest BCUT2D eigenvalue weighted by atomic mass is 16.1. The molecule has 0 fully saturated rings. The molecule has 0 bridgehead atoms. The van der Waals surface area contributed by atoms with E-state index in [0.29, 0.717) is 23.7 Å². The number of hydrogen-bond acceptors (Lipinski definition) is 7. The second-order valence-corrected chi connectivity index (χ2v) is 10.8. The van der Waals surface area contributed by atoms with Gasteiger partial charge in [0.1, 0.15) is 5.65 Å². The van der Waals surface area contributed by atoms with Gasteiger partial charge >= 0.3 is 0 Å². The largest absolute Gasteiger partial charge is 0.385 e. The Morgan fingerprint density at radius 3 is 2.39 bits per heavy atom. The van der Waals surface area contributed by atoms with Crippen LogP contribution in [0.25, 0.3) is 33.4 Å². The summed E-state index contributed by atoms with van der Waals surface area (Å²) >= 11 is 0. The molecule has 0 aliphatic heterocycles. The predicted octanol–water partition coefficient (Wildman–Crippen LogP) is 7.06. The first-order valence-corrected chi connectivity index (χ1v) is 14.9. The molecule has 6 rings (SSSR count). The summed E-state index contributed by atoms with van der Waals surface area (Å²) in [6.45, 7) is 5.27. The van der Waals surface area contributed by atoms with Crippen LogP contribution < -0.4 is 15.8 Å². The number of para-hydroxylation sites is 2. The van der Waals surface area contributed by atoms with Gasteiger partial charge in [0.15, 0.2) is 0 Å². The van der Waals surface area contributed by atoms with Crippen LogP contribution in [0.4, 0.5) is 17.3 Å². The molecule has 6 aromatic rings. The average molecular weight is 582 g/mol. The van der Waals surface area contributed by atoms with E-state index in [1.807, 2.05) is 104 Å². The Hall–Kier alpha value is -5.37. The Morgan fingerprint density at radius 1 is 0.864 bits per heavy atom. The van der Waals surface area contributed by atoms with Crippen LogP contribution in [-0.4, -0.2) is 38.1 Å². The highest BCUT2D eigenvalue weighted by Gasteiger charge is 2.18. The molecule has 0 unspecified atom stereocenters. The van der Waals surface area contributed by atoms with E-state index in [9.17, 15) is 4.79 Å². The zero-order valence-corrected chi connectivity index (χ0v) is 25.2. The number of rotatable bonds is 10. The van der Waals surface area contributed by atoms with E-state index < -0.39 is 0 Å². The number of fused-ring (bicyclic) bond motifs is 1. The highest BCUT2D eigenvalue weighted by Crippen LogP contribution is 2.29. The van der Waals surface area contributed by atoms with E-state index in [1.54, 1.807) is 17.0 Å². The van der Waals surface area contributed by atoms with Crippen LogP contribution in [0.3, 0.4) is 0 Å². The predicted molar refractivity (Wildman–Crippen MR) is 178 cm³/mol. The van der Waals surface area contributed by atoms with Gasteiger partial charge in [-0.15, -0.1) is 0 Å². The van der Waals surface area contributed by atoms with Crippen LogP contribution in [0.2, 0.25) is 0 Å². The molecule has 0 aliphatic rings. The normalized spacial score (nSPS) is 11.1. The van der Waals surface area contributed by atoms with Gasteiger partial charge in [-0.1, -0.05) is 55.5 Å². The molecule has 0 radical (unpaired) electrons. The number of nitrogens with zero attached hydrogens (tertiary/aromatic N) is 6. The molecular weight excluding hydrogens is 546 g/mol. The topological polar surface area (TPSA) is 88.8 Å². The quantitative estimate of drug-likeness (QED) is 0.173. The van der Waals surface area contributed by atoms with Crippen LogP contribution >= 0.6 is 0 Å². The summed E-state index contributed by atoms with van der Waals surface area (Å²) in [5, 5.41) is 4.27. The molecule has 1 N–H and O–H groups in total. The van der Waals surface area contributed by atoms with Gasteiger partial charge in [-0.2, -0.15) is 4.98 Å². The van der Waals surface area contributed by atoms with Gasteiger partial charge in [-0.05, 0) is 67.3 Å². The number of aromatic nitrogens is 5. The second-order valence-electron chi connectivity index (χ2n) is 10.8. The van der Waals surface area contributed by atoms with E-state index in [1.165, 1.54) is 0 Å². The van der Waals surface area contributed by atoms with E-state index in [-0.39, 0.29) is 5.56 Å². The monoisotopic (exact) mass is 581 g/mol. The van der Waals surface area contributed by atoms with Crippen LogP contribution in [0.5, 0.6) is 0 Å². The third kappa shape index (κ3) is 6.06. The van der Waals surface area contributed by atoms with E-state index in [0.717, 1.165) is 64.2 Å². The smallest absolute Gasteiger partial charge is 0.260 e. The molecule has 0 amide bonds. The molecule has 0 saturated heterocycles. The van der Waals surface area contributed by atoms with E-state index in [2.05, 4.69) is 28.3 Å². The summed E-state index contributed by atoms with van der Waals surface area (Å²) in [4.78, 5) is 34.8. The van der Waals surface area contributed by atoms with Crippen molar-refractivity contribution in [3.63, 3.8) is 0 Å². The summed E-state index contributed by atoms with van der Waals surface area (Å²) in [6.07, 6.45) is 6.85. The molecule has 3 heterocycles. The van der Waals surface area contributed by atoms with Gasteiger partial charge in [-0.25, -0.2) is 9.97 Å². The number of pyridine rings is 1. The van der Waals surface area contributed by atoms with Crippen molar-refractivity contribution in [2.45, 2.75) is 33.2 Å². The molecule has 0 spiro atoms. The molecule has 3 aromatic carbocycles. The van der Waals surface area contributed by atoms with Crippen molar-refractivity contribution >= 4 is 28.4 Å². The van der Waals surface area contributed by atoms with Crippen molar-refractivity contribution in [1.82, 2.24) is 24.5 Å². The second kappa shape index (κ2) is 12.9. The number of hydrogen-bond donors (Lipinski definition) is 1. The van der Waals surface area contributed by atoms with Gasteiger partial charge in [0, 0.05) is 60.4 Å². The molecule has 0 atom stereocenters. The molecule has 3 aromatic heterocycles. The van der Waals surface area contributed by atoms with Crippen LogP contribution in [0.15, 0.2) is 108 Å². The van der Waals surface area contributed by atoms with Crippen LogP contribution in [0, 0.1) is 6.92 Å².